The third kappa shape index (κ3) is 4.74. The van der Waals surface area contributed by atoms with Crippen molar-refractivity contribution in [2.45, 2.75) is 52.4 Å². The second-order valence-corrected chi connectivity index (χ2v) is 21.2. The molecule has 67 heavy (non-hydrogen) atoms. The van der Waals surface area contributed by atoms with Gasteiger partial charge in [-0.15, -0.1) is 0 Å². The van der Waals surface area contributed by atoms with Gasteiger partial charge in [-0.3, -0.25) is 4.40 Å². The molecule has 0 aliphatic heterocycles. The van der Waals surface area contributed by atoms with Gasteiger partial charge in [-0.2, -0.15) is 0 Å². The largest absolute Gasteiger partial charge is 0.309 e. The summed E-state index contributed by atoms with van der Waals surface area (Å²) in [5, 5.41) is 17.8. The maximum Gasteiger partial charge on any atom is 0.146 e. The van der Waals surface area contributed by atoms with Crippen LogP contribution in [0.1, 0.15) is 52.7 Å². The van der Waals surface area contributed by atoms with E-state index in [1.807, 2.05) is 0 Å². The zero-order valence-electron chi connectivity index (χ0n) is 38.5. The first kappa shape index (κ1) is 37.3. The number of pyridine rings is 1. The topological polar surface area (TPSA) is 26.6 Å². The lowest BCUT2D eigenvalue weighted by Gasteiger charge is -2.20. The summed E-state index contributed by atoms with van der Waals surface area (Å²) < 4.78 is 7.51. The van der Waals surface area contributed by atoms with Crippen molar-refractivity contribution >= 4 is 120 Å². The Morgan fingerprint density at radius 2 is 0.970 bits per heavy atom. The van der Waals surface area contributed by atoms with Crippen molar-refractivity contribution in [1.29, 1.82) is 0 Å². The van der Waals surface area contributed by atoms with E-state index in [-0.39, 0.29) is 10.8 Å². The van der Waals surface area contributed by atoms with Crippen molar-refractivity contribution < 1.29 is 0 Å². The predicted octanol–water partition coefficient (Wildman–Crippen LogP) is 17.0. The Morgan fingerprint density at radius 3 is 1.73 bits per heavy atom. The molecule has 4 nitrogen and oxygen atoms in total. The normalized spacial score (nSPS) is 13.2. The van der Waals surface area contributed by atoms with E-state index in [0.29, 0.717) is 0 Å². The zero-order chi connectivity index (χ0) is 44.8. The molecule has 15 aromatic rings. The lowest BCUT2D eigenvalue weighted by molar-refractivity contribution is 0.591. The summed E-state index contributed by atoms with van der Waals surface area (Å²) in [4.78, 5) is 5.67. The van der Waals surface area contributed by atoms with Crippen molar-refractivity contribution in [3.8, 4) is 16.8 Å². The molecule has 0 radical (unpaired) electrons. The van der Waals surface area contributed by atoms with Crippen molar-refractivity contribution in [2.24, 2.45) is 0 Å². The quantitative estimate of drug-likeness (QED) is 0.170. The highest BCUT2D eigenvalue weighted by molar-refractivity contribution is 6.38. The van der Waals surface area contributed by atoms with Crippen LogP contribution in [0.2, 0.25) is 0 Å². The molecular formula is C63H46N4. The monoisotopic (exact) mass is 858 g/mol. The van der Waals surface area contributed by atoms with Gasteiger partial charge in [-0.25, -0.2) is 4.98 Å². The summed E-state index contributed by atoms with van der Waals surface area (Å²) in [5.41, 5.74) is 15.6. The van der Waals surface area contributed by atoms with Crippen LogP contribution in [0, 0.1) is 0 Å². The Hall–Kier alpha value is -7.95. The maximum atomic E-state index is 5.67. The SMILES string of the molecule is CC(C)(C)c1cc2c3c4c5cc(C(C)(C)C)cc6c7ccc8ccccc8c7n(c4cnc3n3c4c(-c7ccc8c(c7)c7ccccc7n8-c7ccccc7)cc7ccccc7c4c(c1)c23)c65. The van der Waals surface area contributed by atoms with Crippen LogP contribution < -0.4 is 0 Å². The van der Waals surface area contributed by atoms with Gasteiger partial charge in [0.05, 0.1) is 44.8 Å². The van der Waals surface area contributed by atoms with Crippen molar-refractivity contribution in [2.75, 3.05) is 0 Å². The van der Waals surface area contributed by atoms with Crippen LogP contribution >= 0.6 is 0 Å². The van der Waals surface area contributed by atoms with Gasteiger partial charge in [0, 0.05) is 70.5 Å². The summed E-state index contributed by atoms with van der Waals surface area (Å²) in [6.45, 7) is 14.1. The van der Waals surface area contributed by atoms with Crippen LogP contribution in [-0.4, -0.2) is 18.4 Å². The average molecular weight is 859 g/mol. The Labute approximate surface area is 386 Å². The minimum absolute atomic E-state index is 0.0553. The molecule has 15 rings (SSSR count). The molecule has 0 unspecified atom stereocenters. The number of rotatable bonds is 2. The summed E-state index contributed by atoms with van der Waals surface area (Å²) >= 11 is 0. The summed E-state index contributed by atoms with van der Waals surface area (Å²) in [5.74, 6) is 0. The van der Waals surface area contributed by atoms with E-state index < -0.39 is 0 Å². The van der Waals surface area contributed by atoms with E-state index >= 15 is 0 Å². The van der Waals surface area contributed by atoms with Crippen molar-refractivity contribution in [1.82, 2.24) is 18.4 Å². The van der Waals surface area contributed by atoms with Gasteiger partial charge in [0.25, 0.3) is 0 Å². The van der Waals surface area contributed by atoms with Gasteiger partial charge in [0.2, 0.25) is 0 Å². The lowest BCUT2D eigenvalue weighted by atomic mass is 9.84. The highest BCUT2D eigenvalue weighted by Crippen LogP contribution is 2.51. The molecule has 0 aliphatic carbocycles. The van der Waals surface area contributed by atoms with Crippen LogP contribution in [0.15, 0.2) is 170 Å². The summed E-state index contributed by atoms with van der Waals surface area (Å²) in [7, 11) is 0. The van der Waals surface area contributed by atoms with Gasteiger partial charge < -0.3 is 8.97 Å². The highest BCUT2D eigenvalue weighted by Gasteiger charge is 2.30. The number of hydrogen-bond donors (Lipinski definition) is 0. The van der Waals surface area contributed by atoms with E-state index in [4.69, 9.17) is 4.98 Å². The molecule has 4 heteroatoms. The Bertz CT molecular complexity index is 4620. The van der Waals surface area contributed by atoms with E-state index in [1.54, 1.807) is 0 Å². The van der Waals surface area contributed by atoms with Crippen LogP contribution in [0.3, 0.4) is 0 Å². The molecular weight excluding hydrogens is 813 g/mol. The van der Waals surface area contributed by atoms with Crippen LogP contribution in [-0.2, 0) is 10.8 Å². The number of aromatic nitrogens is 4. The molecule has 0 saturated heterocycles. The molecule has 9 aromatic carbocycles. The van der Waals surface area contributed by atoms with E-state index in [2.05, 4.69) is 225 Å². The third-order valence-electron chi connectivity index (χ3n) is 15.4. The minimum Gasteiger partial charge on any atom is -0.309 e. The maximum absolute atomic E-state index is 5.67. The van der Waals surface area contributed by atoms with Crippen LogP contribution in [0.4, 0.5) is 0 Å². The molecule has 0 saturated carbocycles. The van der Waals surface area contributed by atoms with Crippen LogP contribution in [0.5, 0.6) is 0 Å². The molecule has 0 N–H and O–H groups in total. The Morgan fingerprint density at radius 1 is 0.373 bits per heavy atom. The predicted molar refractivity (Wildman–Crippen MR) is 286 cm³/mol. The summed E-state index contributed by atoms with van der Waals surface area (Å²) in [6.07, 6.45) is 2.19. The molecule has 0 amide bonds. The first-order valence-electron chi connectivity index (χ1n) is 23.7. The molecule has 318 valence electrons. The summed E-state index contributed by atoms with van der Waals surface area (Å²) in [6, 6.07) is 61.6. The fraction of sp³-hybridized carbons (Fsp3) is 0.127. The van der Waals surface area contributed by atoms with E-state index in [1.165, 1.54) is 131 Å². The number of nitrogens with zero attached hydrogens (tertiary/aromatic N) is 4. The Kier molecular flexibility index (Phi) is 6.94. The molecule has 0 bridgehead atoms. The van der Waals surface area contributed by atoms with Gasteiger partial charge >= 0.3 is 0 Å². The molecule has 0 spiro atoms. The van der Waals surface area contributed by atoms with Gasteiger partial charge in [-0.05, 0) is 104 Å². The third-order valence-corrected chi connectivity index (χ3v) is 15.4. The zero-order valence-corrected chi connectivity index (χ0v) is 38.5. The second kappa shape index (κ2) is 12.5. The van der Waals surface area contributed by atoms with E-state index in [9.17, 15) is 0 Å². The number of benzene rings is 9. The number of para-hydroxylation sites is 2. The average Bonchev–Trinajstić information content (AvgIpc) is 4.13. The van der Waals surface area contributed by atoms with Gasteiger partial charge in [-0.1, -0.05) is 145 Å². The molecule has 0 aliphatic rings. The molecule has 6 aromatic heterocycles. The lowest BCUT2D eigenvalue weighted by Crippen LogP contribution is -2.10. The minimum atomic E-state index is -0.0987. The molecule has 6 heterocycles. The number of hydrogen-bond acceptors (Lipinski definition) is 1. The fourth-order valence-corrected chi connectivity index (χ4v) is 12.2. The van der Waals surface area contributed by atoms with Crippen molar-refractivity contribution in [3.63, 3.8) is 0 Å². The van der Waals surface area contributed by atoms with Gasteiger partial charge in [0.1, 0.15) is 5.65 Å². The fourth-order valence-electron chi connectivity index (χ4n) is 12.2. The number of fused-ring (bicyclic) bond motifs is 20. The Balaban J connectivity index is 1.15. The second-order valence-electron chi connectivity index (χ2n) is 21.2. The van der Waals surface area contributed by atoms with Gasteiger partial charge in [0.15, 0.2) is 0 Å². The van der Waals surface area contributed by atoms with Crippen LogP contribution in [0.25, 0.3) is 136 Å². The first-order chi connectivity index (χ1) is 32.5. The molecule has 0 atom stereocenters. The molecule has 0 fully saturated rings. The standard InChI is InChI=1S/C63H46N4/c1-62(2,3)38-30-47-44-26-24-35-16-10-13-21-42(35)57(44)66-53-34-64-61-56(55(53)49(32-38)58(47)66)50-33-39(63(4,5)6)31-48-54-41-20-12-11-17-36(41)28-45(60(54)67(61)59(48)50)37-25-27-52-46(29-37)43-22-14-15-23-51(43)65(52)40-18-8-7-9-19-40/h7-34H,1-6H3. The van der Waals surface area contributed by atoms with E-state index in [0.717, 1.165) is 16.9 Å². The van der Waals surface area contributed by atoms with Crippen molar-refractivity contribution in [3.05, 3.63) is 181 Å². The first-order valence-corrected chi connectivity index (χ1v) is 23.7. The smallest absolute Gasteiger partial charge is 0.146 e. The highest BCUT2D eigenvalue weighted by atomic mass is 15.0.